The van der Waals surface area contributed by atoms with Gasteiger partial charge in [0.25, 0.3) is 0 Å². The maximum absolute atomic E-state index is 12.2. The van der Waals surface area contributed by atoms with Gasteiger partial charge in [-0.3, -0.25) is 9.40 Å². The van der Waals surface area contributed by atoms with Crippen molar-refractivity contribution in [1.82, 2.24) is 9.78 Å². The molecule has 1 aromatic rings. The fourth-order valence-electron chi connectivity index (χ4n) is 1.98. The maximum Gasteiger partial charge on any atom is 0.236 e. The monoisotopic (exact) mass is 308 g/mol. The molecule has 2 rings (SSSR count). The van der Waals surface area contributed by atoms with Gasteiger partial charge in [-0.25, -0.2) is 16.8 Å². The first kappa shape index (κ1) is 14.1. The van der Waals surface area contributed by atoms with Crippen molar-refractivity contribution >= 4 is 31.4 Å². The van der Waals surface area contributed by atoms with Crippen LogP contribution in [-0.2, 0) is 26.9 Å². The lowest BCUT2D eigenvalue weighted by atomic mass is 10.2. The van der Waals surface area contributed by atoms with Crippen LogP contribution in [-0.4, -0.2) is 43.4 Å². The van der Waals surface area contributed by atoms with Crippen LogP contribution in [0.15, 0.2) is 6.20 Å². The van der Waals surface area contributed by atoms with Gasteiger partial charge in [-0.1, -0.05) is 0 Å². The quantitative estimate of drug-likeness (QED) is 0.762. The molecule has 108 valence electrons. The van der Waals surface area contributed by atoms with Crippen LogP contribution in [0.3, 0.4) is 0 Å². The molecular weight excluding hydrogens is 292 g/mol. The van der Waals surface area contributed by atoms with Crippen molar-refractivity contribution in [1.29, 1.82) is 0 Å². The lowest BCUT2D eigenvalue weighted by molar-refractivity contribution is 0.555. The molecule has 0 radical (unpaired) electrons. The van der Waals surface area contributed by atoms with E-state index >= 15 is 0 Å². The van der Waals surface area contributed by atoms with Crippen LogP contribution in [0.2, 0.25) is 0 Å². The van der Waals surface area contributed by atoms with Crippen molar-refractivity contribution in [3.8, 4) is 0 Å². The second-order valence-corrected chi connectivity index (χ2v) is 8.83. The molecule has 1 aromatic heterocycles. The highest BCUT2D eigenvalue weighted by Gasteiger charge is 2.33. The normalized spacial score (nSPS) is 20.3. The van der Waals surface area contributed by atoms with E-state index in [0.717, 1.165) is 0 Å². The number of nitrogens with two attached hydrogens (primary N) is 1. The van der Waals surface area contributed by atoms with E-state index in [9.17, 15) is 16.8 Å². The zero-order chi connectivity index (χ0) is 14.3. The number of aromatic nitrogens is 2. The predicted molar refractivity (Wildman–Crippen MR) is 71.8 cm³/mol. The van der Waals surface area contributed by atoms with Gasteiger partial charge >= 0.3 is 0 Å². The summed E-state index contributed by atoms with van der Waals surface area (Å²) in [6.45, 7) is 0. The third-order valence-electron chi connectivity index (χ3n) is 3.15. The molecule has 1 aliphatic rings. The van der Waals surface area contributed by atoms with Crippen molar-refractivity contribution in [3.05, 3.63) is 6.20 Å². The summed E-state index contributed by atoms with van der Waals surface area (Å²) in [6.07, 6.45) is 1.56. The molecule has 1 aliphatic heterocycles. The van der Waals surface area contributed by atoms with E-state index in [1.165, 1.54) is 10.9 Å². The molecule has 2 heterocycles. The van der Waals surface area contributed by atoms with Crippen LogP contribution >= 0.6 is 0 Å². The van der Waals surface area contributed by atoms with Gasteiger partial charge in [0.2, 0.25) is 10.0 Å². The molecule has 0 atom stereocenters. The lowest BCUT2D eigenvalue weighted by Crippen LogP contribution is -2.36. The van der Waals surface area contributed by atoms with E-state index in [1.54, 1.807) is 7.05 Å². The number of hydrogen-bond donors (Lipinski definition) is 2. The molecule has 0 unspecified atom stereocenters. The molecule has 8 nitrogen and oxygen atoms in total. The van der Waals surface area contributed by atoms with Gasteiger partial charge in [-0.2, -0.15) is 5.10 Å². The summed E-state index contributed by atoms with van der Waals surface area (Å²) in [5, 5.41) is 3.12. The Morgan fingerprint density at radius 2 is 2.00 bits per heavy atom. The third-order valence-corrected chi connectivity index (χ3v) is 6.69. The average Bonchev–Trinajstić information content (AvgIpc) is 2.60. The maximum atomic E-state index is 12.2. The second-order valence-electron chi connectivity index (χ2n) is 4.57. The SMILES string of the molecule is Cn1ncc(N)c1NS(=O)(=O)C1CCS(=O)(=O)CC1. The Morgan fingerprint density at radius 3 is 2.47 bits per heavy atom. The highest BCUT2D eigenvalue weighted by atomic mass is 32.2. The predicted octanol–water partition coefficient (Wildman–Crippen LogP) is -0.679. The summed E-state index contributed by atoms with van der Waals surface area (Å²) in [4.78, 5) is 0. The van der Waals surface area contributed by atoms with Gasteiger partial charge in [-0.15, -0.1) is 0 Å². The number of hydrogen-bond acceptors (Lipinski definition) is 6. The first-order valence-electron chi connectivity index (χ1n) is 5.71. The summed E-state index contributed by atoms with van der Waals surface area (Å²) >= 11 is 0. The number of nitrogen functional groups attached to an aromatic ring is 1. The minimum absolute atomic E-state index is 0.0978. The minimum atomic E-state index is -3.66. The molecule has 3 N–H and O–H groups in total. The Labute approximate surface area is 111 Å². The molecular formula is C9H16N4O4S2. The Kier molecular flexibility index (Phi) is 3.47. The van der Waals surface area contributed by atoms with Crippen molar-refractivity contribution in [2.45, 2.75) is 18.1 Å². The summed E-state index contributed by atoms with van der Waals surface area (Å²) in [6, 6.07) is 0. The minimum Gasteiger partial charge on any atom is -0.394 e. The van der Waals surface area contributed by atoms with Crippen LogP contribution in [0.5, 0.6) is 0 Å². The van der Waals surface area contributed by atoms with Crippen molar-refractivity contribution in [3.63, 3.8) is 0 Å². The van der Waals surface area contributed by atoms with Crippen LogP contribution < -0.4 is 10.5 Å². The van der Waals surface area contributed by atoms with Gasteiger partial charge in [0.1, 0.15) is 9.84 Å². The Morgan fingerprint density at radius 1 is 1.42 bits per heavy atom. The average molecular weight is 308 g/mol. The van der Waals surface area contributed by atoms with Crippen molar-refractivity contribution in [2.75, 3.05) is 22.0 Å². The van der Waals surface area contributed by atoms with Crippen LogP contribution in [0.4, 0.5) is 11.5 Å². The Hall–Kier alpha value is -1.29. The molecule has 0 amide bonds. The van der Waals surface area contributed by atoms with Gasteiger partial charge in [0.15, 0.2) is 5.82 Å². The van der Waals surface area contributed by atoms with E-state index in [0.29, 0.717) is 0 Å². The molecule has 0 saturated carbocycles. The number of sulfone groups is 1. The van der Waals surface area contributed by atoms with E-state index in [4.69, 9.17) is 5.73 Å². The van der Waals surface area contributed by atoms with Crippen LogP contribution in [0, 0.1) is 0 Å². The first-order chi connectivity index (χ1) is 8.71. The van der Waals surface area contributed by atoms with E-state index in [-0.39, 0.29) is 35.9 Å². The summed E-state index contributed by atoms with van der Waals surface area (Å²) in [7, 11) is -5.18. The molecule has 1 saturated heterocycles. The van der Waals surface area contributed by atoms with Crippen LogP contribution in [0.25, 0.3) is 0 Å². The van der Waals surface area contributed by atoms with E-state index < -0.39 is 25.1 Å². The standard InChI is InChI=1S/C9H16N4O4S2/c1-13-9(8(10)6-11-13)12-19(16,17)7-2-4-18(14,15)5-3-7/h6-7,12H,2-5,10H2,1H3. The number of nitrogens with zero attached hydrogens (tertiary/aromatic N) is 2. The first-order valence-corrected chi connectivity index (χ1v) is 9.07. The van der Waals surface area contributed by atoms with Crippen LogP contribution in [0.1, 0.15) is 12.8 Å². The summed E-state index contributed by atoms with van der Waals surface area (Å²) in [5.74, 6) is 0.00671. The summed E-state index contributed by atoms with van der Waals surface area (Å²) in [5.41, 5.74) is 5.85. The highest BCUT2D eigenvalue weighted by Crippen LogP contribution is 2.24. The van der Waals surface area contributed by atoms with Gasteiger partial charge in [-0.05, 0) is 12.8 Å². The molecule has 0 bridgehead atoms. The van der Waals surface area contributed by atoms with Crippen molar-refractivity contribution in [2.24, 2.45) is 7.05 Å². The lowest BCUT2D eigenvalue weighted by Gasteiger charge is -2.22. The molecule has 0 spiro atoms. The topological polar surface area (TPSA) is 124 Å². The second kappa shape index (κ2) is 4.67. The van der Waals surface area contributed by atoms with E-state index in [1.807, 2.05) is 0 Å². The number of anilines is 2. The number of rotatable bonds is 3. The van der Waals surface area contributed by atoms with Gasteiger partial charge in [0, 0.05) is 7.05 Å². The number of aryl methyl sites for hydroxylation is 1. The Balaban J connectivity index is 2.16. The van der Waals surface area contributed by atoms with Crippen molar-refractivity contribution < 1.29 is 16.8 Å². The molecule has 0 aliphatic carbocycles. The highest BCUT2D eigenvalue weighted by molar-refractivity contribution is 7.94. The zero-order valence-corrected chi connectivity index (χ0v) is 12.0. The smallest absolute Gasteiger partial charge is 0.236 e. The largest absolute Gasteiger partial charge is 0.394 e. The molecule has 19 heavy (non-hydrogen) atoms. The number of sulfonamides is 1. The van der Waals surface area contributed by atoms with Gasteiger partial charge < -0.3 is 5.73 Å². The fourth-order valence-corrected chi connectivity index (χ4v) is 5.31. The Bertz CT molecular complexity index is 644. The number of nitrogens with one attached hydrogen (secondary N) is 1. The van der Waals surface area contributed by atoms with E-state index in [2.05, 4.69) is 9.82 Å². The molecule has 10 heteroatoms. The zero-order valence-electron chi connectivity index (χ0n) is 10.4. The van der Waals surface area contributed by atoms with Gasteiger partial charge in [0.05, 0.1) is 28.6 Å². The third kappa shape index (κ3) is 3.00. The fraction of sp³-hybridized carbons (Fsp3) is 0.667. The molecule has 0 aromatic carbocycles. The summed E-state index contributed by atoms with van der Waals surface area (Å²) < 4.78 is 50.6. The molecule has 1 fully saturated rings.